The lowest BCUT2D eigenvalue weighted by atomic mass is 9.78. The fourth-order valence-electron chi connectivity index (χ4n) is 3.08. The van der Waals surface area contributed by atoms with Gasteiger partial charge >= 0.3 is 5.97 Å². The molecule has 0 saturated heterocycles. The standard InChI is InChI=1S/C20H25NO5/c1-19(2,3)26-17(23)10-13(22)9-15-14-8-12(11-21)6-7-16(14)25-20(4,5)18(15)24/h6-8,15,18,24H,9-10H2,1-5H3. The molecular weight excluding hydrogens is 334 g/mol. The van der Waals surface area contributed by atoms with Crippen LogP contribution in [0.25, 0.3) is 0 Å². The lowest BCUT2D eigenvalue weighted by molar-refractivity contribution is -0.156. The highest BCUT2D eigenvalue weighted by Crippen LogP contribution is 2.43. The summed E-state index contributed by atoms with van der Waals surface area (Å²) in [5, 5.41) is 19.8. The van der Waals surface area contributed by atoms with Gasteiger partial charge in [-0.15, -0.1) is 0 Å². The van der Waals surface area contributed by atoms with Crippen LogP contribution in [0.1, 0.15) is 64.5 Å². The van der Waals surface area contributed by atoms with E-state index in [0.29, 0.717) is 16.9 Å². The van der Waals surface area contributed by atoms with Gasteiger partial charge in [0, 0.05) is 17.9 Å². The van der Waals surface area contributed by atoms with E-state index in [1.54, 1.807) is 52.8 Å². The van der Waals surface area contributed by atoms with Crippen molar-refractivity contribution in [2.45, 2.75) is 70.7 Å². The van der Waals surface area contributed by atoms with Gasteiger partial charge in [0.2, 0.25) is 0 Å². The molecule has 0 amide bonds. The van der Waals surface area contributed by atoms with Crippen LogP contribution < -0.4 is 4.74 Å². The fraction of sp³-hybridized carbons (Fsp3) is 0.550. The Hall–Kier alpha value is -2.39. The Morgan fingerprint density at radius 2 is 2.00 bits per heavy atom. The third-order valence-corrected chi connectivity index (χ3v) is 4.21. The molecule has 1 aliphatic rings. The Kier molecular flexibility index (Phi) is 5.43. The van der Waals surface area contributed by atoms with E-state index < -0.39 is 29.2 Å². The van der Waals surface area contributed by atoms with E-state index >= 15 is 0 Å². The summed E-state index contributed by atoms with van der Waals surface area (Å²) in [6.45, 7) is 8.69. The lowest BCUT2D eigenvalue weighted by Crippen LogP contribution is -2.49. The number of aliphatic hydroxyl groups is 1. The number of aliphatic hydroxyl groups excluding tert-OH is 1. The second-order valence-corrected chi connectivity index (χ2v) is 8.13. The molecule has 0 bridgehead atoms. The van der Waals surface area contributed by atoms with Gasteiger partial charge in [0.25, 0.3) is 0 Å². The maximum absolute atomic E-state index is 12.4. The van der Waals surface area contributed by atoms with E-state index in [1.165, 1.54) is 0 Å². The number of Topliss-reactive ketones (excluding diaryl/α,β-unsaturated/α-hetero) is 1. The summed E-state index contributed by atoms with van der Waals surface area (Å²) < 4.78 is 11.0. The van der Waals surface area contributed by atoms with Crippen molar-refractivity contribution in [2.24, 2.45) is 0 Å². The highest BCUT2D eigenvalue weighted by atomic mass is 16.6. The molecule has 140 valence electrons. The summed E-state index contributed by atoms with van der Waals surface area (Å²) in [5.74, 6) is -0.935. The number of fused-ring (bicyclic) bond motifs is 1. The number of esters is 1. The molecule has 0 spiro atoms. The first-order valence-electron chi connectivity index (χ1n) is 8.57. The Morgan fingerprint density at radius 1 is 1.35 bits per heavy atom. The number of nitriles is 1. The van der Waals surface area contributed by atoms with Crippen LogP contribution in [0.2, 0.25) is 0 Å². The van der Waals surface area contributed by atoms with Crippen LogP contribution in [0.4, 0.5) is 0 Å². The van der Waals surface area contributed by atoms with Gasteiger partial charge in [0.1, 0.15) is 35.3 Å². The van der Waals surface area contributed by atoms with Gasteiger partial charge < -0.3 is 14.6 Å². The summed E-state index contributed by atoms with van der Waals surface area (Å²) in [7, 11) is 0. The normalized spacial score (nSPS) is 21.1. The van der Waals surface area contributed by atoms with Crippen LogP contribution in [0.5, 0.6) is 5.75 Å². The molecule has 26 heavy (non-hydrogen) atoms. The molecule has 2 unspecified atom stereocenters. The van der Waals surface area contributed by atoms with Gasteiger partial charge in [0.05, 0.1) is 11.6 Å². The Bertz CT molecular complexity index is 754. The van der Waals surface area contributed by atoms with Gasteiger partial charge in [-0.1, -0.05) is 0 Å². The van der Waals surface area contributed by atoms with Crippen molar-refractivity contribution in [1.29, 1.82) is 5.26 Å². The van der Waals surface area contributed by atoms with Crippen LogP contribution in [0.15, 0.2) is 18.2 Å². The predicted octanol–water partition coefficient (Wildman–Crippen LogP) is 2.86. The monoisotopic (exact) mass is 359 g/mol. The van der Waals surface area contributed by atoms with Gasteiger partial charge in [-0.05, 0) is 52.8 Å². The van der Waals surface area contributed by atoms with E-state index in [0.717, 1.165) is 0 Å². The summed E-state index contributed by atoms with van der Waals surface area (Å²) in [6, 6.07) is 6.98. The van der Waals surface area contributed by atoms with E-state index in [1.807, 2.05) is 6.07 Å². The minimum atomic E-state index is -0.952. The lowest BCUT2D eigenvalue weighted by Gasteiger charge is -2.42. The summed E-state index contributed by atoms with van der Waals surface area (Å²) in [4.78, 5) is 24.3. The highest BCUT2D eigenvalue weighted by molar-refractivity contribution is 5.96. The van der Waals surface area contributed by atoms with Crippen LogP contribution in [-0.4, -0.2) is 34.2 Å². The highest BCUT2D eigenvalue weighted by Gasteiger charge is 2.43. The molecule has 6 nitrogen and oxygen atoms in total. The van der Waals surface area contributed by atoms with Crippen LogP contribution in [0.3, 0.4) is 0 Å². The first-order chi connectivity index (χ1) is 11.9. The van der Waals surface area contributed by atoms with Crippen molar-refractivity contribution in [1.82, 2.24) is 0 Å². The average Bonchev–Trinajstić information content (AvgIpc) is 2.49. The topological polar surface area (TPSA) is 96.6 Å². The zero-order chi connectivity index (χ0) is 19.7. The molecule has 0 radical (unpaired) electrons. The van der Waals surface area contributed by atoms with Crippen LogP contribution in [0, 0.1) is 11.3 Å². The number of benzene rings is 1. The Labute approximate surface area is 153 Å². The van der Waals surface area contributed by atoms with Crippen molar-refractivity contribution in [3.63, 3.8) is 0 Å². The maximum Gasteiger partial charge on any atom is 0.313 e. The van der Waals surface area contributed by atoms with Gasteiger partial charge in [-0.25, -0.2) is 0 Å². The molecule has 1 N–H and O–H groups in total. The minimum absolute atomic E-state index is 0.0327. The summed E-state index contributed by atoms with van der Waals surface area (Å²) >= 11 is 0. The van der Waals surface area contributed by atoms with Crippen molar-refractivity contribution in [2.75, 3.05) is 0 Å². The molecule has 6 heteroatoms. The molecule has 2 rings (SSSR count). The third-order valence-electron chi connectivity index (χ3n) is 4.21. The number of hydrogen-bond donors (Lipinski definition) is 1. The van der Waals surface area contributed by atoms with Crippen LogP contribution in [-0.2, 0) is 14.3 Å². The molecule has 1 heterocycles. The Balaban J connectivity index is 2.23. The average molecular weight is 359 g/mol. The molecule has 0 aromatic heterocycles. The molecule has 2 atom stereocenters. The van der Waals surface area contributed by atoms with Crippen molar-refractivity contribution >= 4 is 11.8 Å². The van der Waals surface area contributed by atoms with Gasteiger partial charge in [-0.2, -0.15) is 5.26 Å². The first-order valence-corrected chi connectivity index (χ1v) is 8.57. The van der Waals surface area contributed by atoms with Crippen molar-refractivity contribution in [3.05, 3.63) is 29.3 Å². The second-order valence-electron chi connectivity index (χ2n) is 8.13. The molecule has 0 fully saturated rings. The second kappa shape index (κ2) is 7.08. The molecule has 0 saturated carbocycles. The zero-order valence-electron chi connectivity index (χ0n) is 15.8. The molecule has 0 aliphatic carbocycles. The molecule has 1 aliphatic heterocycles. The SMILES string of the molecule is CC(C)(C)OC(=O)CC(=O)CC1c2cc(C#N)ccc2OC(C)(C)C1O. The van der Waals surface area contributed by atoms with E-state index in [-0.39, 0.29) is 18.6 Å². The van der Waals surface area contributed by atoms with E-state index in [2.05, 4.69) is 0 Å². The van der Waals surface area contributed by atoms with E-state index in [9.17, 15) is 14.7 Å². The van der Waals surface area contributed by atoms with Crippen molar-refractivity contribution < 1.29 is 24.2 Å². The maximum atomic E-state index is 12.4. The Morgan fingerprint density at radius 3 is 2.58 bits per heavy atom. The summed E-state index contributed by atoms with van der Waals surface area (Å²) in [6.07, 6.45) is -1.34. The summed E-state index contributed by atoms with van der Waals surface area (Å²) in [5.41, 5.74) is -0.526. The predicted molar refractivity (Wildman–Crippen MR) is 94.7 cm³/mol. The molecule has 1 aromatic carbocycles. The largest absolute Gasteiger partial charge is 0.485 e. The zero-order valence-corrected chi connectivity index (χ0v) is 15.8. The number of ether oxygens (including phenoxy) is 2. The minimum Gasteiger partial charge on any atom is -0.485 e. The smallest absolute Gasteiger partial charge is 0.313 e. The number of nitrogens with zero attached hydrogens (tertiary/aromatic N) is 1. The van der Waals surface area contributed by atoms with Crippen LogP contribution >= 0.6 is 0 Å². The number of rotatable bonds is 4. The number of carbonyl (C=O) groups excluding carboxylic acids is 2. The fourth-order valence-corrected chi connectivity index (χ4v) is 3.08. The first kappa shape index (κ1) is 19.9. The van der Waals surface area contributed by atoms with Crippen molar-refractivity contribution in [3.8, 4) is 11.8 Å². The van der Waals surface area contributed by atoms with Gasteiger partial charge in [-0.3, -0.25) is 9.59 Å². The quantitative estimate of drug-likeness (QED) is 0.656. The number of carbonyl (C=O) groups is 2. The molecule has 1 aromatic rings. The molecular formula is C20H25NO5. The number of ketones is 1. The van der Waals surface area contributed by atoms with Gasteiger partial charge in [0.15, 0.2) is 0 Å². The number of hydrogen-bond acceptors (Lipinski definition) is 6. The van der Waals surface area contributed by atoms with E-state index in [4.69, 9.17) is 14.7 Å². The third kappa shape index (κ3) is 4.61.